The fraction of sp³-hybridized carbons (Fsp3) is 0.409. The number of nitrogens with one attached hydrogen (secondary N) is 1. The van der Waals surface area contributed by atoms with Gasteiger partial charge >= 0.3 is 0 Å². The van der Waals surface area contributed by atoms with E-state index in [2.05, 4.69) is 26.1 Å². The molecule has 0 saturated heterocycles. The van der Waals surface area contributed by atoms with Gasteiger partial charge in [-0.25, -0.2) is 0 Å². The molecule has 2 aromatic carbocycles. The van der Waals surface area contributed by atoms with Gasteiger partial charge in [0.05, 0.1) is 19.9 Å². The number of methoxy groups -OCH3 is 2. The zero-order chi connectivity index (χ0) is 20.0. The third-order valence-electron chi connectivity index (χ3n) is 4.33. The van der Waals surface area contributed by atoms with E-state index < -0.39 is 6.10 Å². The molecule has 0 aromatic heterocycles. The summed E-state index contributed by atoms with van der Waals surface area (Å²) in [5.74, 6) is 1.65. The van der Waals surface area contributed by atoms with Crippen molar-refractivity contribution in [2.45, 2.75) is 45.6 Å². The first-order valence-corrected chi connectivity index (χ1v) is 9.08. The Morgan fingerprint density at radius 2 is 1.63 bits per heavy atom. The summed E-state index contributed by atoms with van der Waals surface area (Å²) in [7, 11) is 3.13. The predicted molar refractivity (Wildman–Crippen MR) is 108 cm³/mol. The number of rotatable bonds is 7. The van der Waals surface area contributed by atoms with Crippen LogP contribution in [0, 0.1) is 0 Å². The molecule has 2 aromatic rings. The van der Waals surface area contributed by atoms with Crippen molar-refractivity contribution in [1.29, 1.82) is 0 Å². The van der Waals surface area contributed by atoms with Crippen molar-refractivity contribution in [2.75, 3.05) is 19.5 Å². The van der Waals surface area contributed by atoms with E-state index in [-0.39, 0.29) is 11.3 Å². The monoisotopic (exact) mass is 371 g/mol. The van der Waals surface area contributed by atoms with E-state index in [0.717, 1.165) is 0 Å². The third kappa shape index (κ3) is 5.39. The molecule has 1 unspecified atom stereocenters. The average Bonchev–Trinajstić information content (AvgIpc) is 2.65. The summed E-state index contributed by atoms with van der Waals surface area (Å²) in [6.07, 6.45) is -0.0528. The van der Waals surface area contributed by atoms with E-state index in [1.807, 2.05) is 31.2 Å². The summed E-state index contributed by atoms with van der Waals surface area (Å²) in [5.41, 5.74) is 1.87. The first-order valence-electron chi connectivity index (χ1n) is 9.08. The predicted octanol–water partition coefficient (Wildman–Crippen LogP) is 4.80. The molecule has 0 saturated carbocycles. The summed E-state index contributed by atoms with van der Waals surface area (Å²) in [6.45, 7) is 8.40. The summed E-state index contributed by atoms with van der Waals surface area (Å²) in [5, 5.41) is 2.88. The molecule has 5 nitrogen and oxygen atoms in total. The minimum atomic E-state index is -0.600. The Hall–Kier alpha value is -2.69. The number of hydrogen-bond donors (Lipinski definition) is 1. The number of ether oxygens (including phenoxy) is 3. The van der Waals surface area contributed by atoms with E-state index >= 15 is 0 Å². The van der Waals surface area contributed by atoms with Gasteiger partial charge in [0.1, 0.15) is 17.2 Å². The van der Waals surface area contributed by atoms with E-state index in [0.29, 0.717) is 29.4 Å². The molecule has 0 fully saturated rings. The van der Waals surface area contributed by atoms with Gasteiger partial charge in [-0.2, -0.15) is 0 Å². The van der Waals surface area contributed by atoms with Crippen molar-refractivity contribution in [2.24, 2.45) is 0 Å². The van der Waals surface area contributed by atoms with Crippen LogP contribution in [0.4, 0.5) is 5.69 Å². The number of anilines is 1. The van der Waals surface area contributed by atoms with Gasteiger partial charge in [0.2, 0.25) is 0 Å². The minimum absolute atomic E-state index is 0.0744. The molecule has 1 amide bonds. The molecule has 0 aliphatic carbocycles. The largest absolute Gasteiger partial charge is 0.497 e. The van der Waals surface area contributed by atoms with Crippen LogP contribution in [-0.4, -0.2) is 26.2 Å². The zero-order valence-electron chi connectivity index (χ0n) is 17.0. The lowest BCUT2D eigenvalue weighted by molar-refractivity contribution is -0.122. The number of carbonyl (C=O) groups excluding carboxylic acids is 1. The third-order valence-corrected chi connectivity index (χ3v) is 4.33. The molecular weight excluding hydrogens is 342 g/mol. The molecule has 1 atom stereocenters. The van der Waals surface area contributed by atoms with Gasteiger partial charge < -0.3 is 19.5 Å². The molecule has 0 radical (unpaired) electrons. The molecular formula is C22H29NO4. The molecule has 1 N–H and O–H groups in total. The van der Waals surface area contributed by atoms with Crippen LogP contribution in [-0.2, 0) is 10.2 Å². The van der Waals surface area contributed by atoms with Gasteiger partial charge in [0.25, 0.3) is 5.91 Å². The molecule has 5 heteroatoms. The number of carbonyl (C=O) groups is 1. The second-order valence-electron chi connectivity index (χ2n) is 7.34. The zero-order valence-corrected chi connectivity index (χ0v) is 17.0. The normalized spacial score (nSPS) is 12.2. The Balaban J connectivity index is 2.10. The van der Waals surface area contributed by atoms with Crippen molar-refractivity contribution in [1.82, 2.24) is 0 Å². The Bertz CT molecular complexity index is 763. The smallest absolute Gasteiger partial charge is 0.265 e. The quantitative estimate of drug-likeness (QED) is 0.760. The van der Waals surface area contributed by atoms with Crippen LogP contribution in [0.2, 0.25) is 0 Å². The molecule has 0 aliphatic rings. The minimum Gasteiger partial charge on any atom is -0.497 e. The van der Waals surface area contributed by atoms with Crippen molar-refractivity contribution >= 4 is 11.6 Å². The summed E-state index contributed by atoms with van der Waals surface area (Å²) in [6, 6.07) is 13.1. The van der Waals surface area contributed by atoms with Crippen LogP contribution >= 0.6 is 0 Å². The van der Waals surface area contributed by atoms with Crippen LogP contribution in [0.5, 0.6) is 17.2 Å². The SMILES string of the molecule is CCC(Oc1ccc(C(C)(C)C)cc1)C(=O)Nc1ccc(OC)cc1OC. The Morgan fingerprint density at radius 1 is 1.00 bits per heavy atom. The lowest BCUT2D eigenvalue weighted by atomic mass is 9.87. The first kappa shape index (κ1) is 20.6. The molecule has 0 spiro atoms. The maximum Gasteiger partial charge on any atom is 0.265 e. The fourth-order valence-corrected chi connectivity index (χ4v) is 2.64. The standard InChI is InChI=1S/C22H29NO4/c1-7-19(27-16-10-8-15(9-11-16)22(2,3)4)21(24)23-18-13-12-17(25-5)14-20(18)26-6/h8-14,19H,7H2,1-6H3,(H,23,24). The lowest BCUT2D eigenvalue weighted by Gasteiger charge is -2.21. The van der Waals surface area contributed by atoms with Crippen LogP contribution in [0.25, 0.3) is 0 Å². The lowest BCUT2D eigenvalue weighted by Crippen LogP contribution is -2.32. The van der Waals surface area contributed by atoms with Crippen LogP contribution < -0.4 is 19.5 Å². The molecule has 0 bridgehead atoms. The molecule has 146 valence electrons. The van der Waals surface area contributed by atoms with Crippen molar-refractivity contribution < 1.29 is 19.0 Å². The highest BCUT2D eigenvalue weighted by Crippen LogP contribution is 2.30. The van der Waals surface area contributed by atoms with Gasteiger partial charge in [0, 0.05) is 6.07 Å². The van der Waals surface area contributed by atoms with Gasteiger partial charge in [-0.3, -0.25) is 4.79 Å². The highest BCUT2D eigenvalue weighted by Gasteiger charge is 2.21. The van der Waals surface area contributed by atoms with Crippen LogP contribution in [0.15, 0.2) is 42.5 Å². The molecule has 0 heterocycles. The van der Waals surface area contributed by atoms with Gasteiger partial charge in [-0.15, -0.1) is 0 Å². The summed E-state index contributed by atoms with van der Waals surface area (Å²) >= 11 is 0. The van der Waals surface area contributed by atoms with E-state index in [1.165, 1.54) is 5.56 Å². The Morgan fingerprint density at radius 3 is 2.15 bits per heavy atom. The maximum atomic E-state index is 12.7. The van der Waals surface area contributed by atoms with Crippen molar-refractivity contribution in [3.63, 3.8) is 0 Å². The Kier molecular flexibility index (Phi) is 6.72. The number of benzene rings is 2. The fourth-order valence-electron chi connectivity index (χ4n) is 2.64. The van der Waals surface area contributed by atoms with Gasteiger partial charge in [0.15, 0.2) is 6.10 Å². The van der Waals surface area contributed by atoms with Gasteiger partial charge in [-0.05, 0) is 41.7 Å². The summed E-state index contributed by atoms with van der Waals surface area (Å²) in [4.78, 5) is 12.7. The van der Waals surface area contributed by atoms with Crippen LogP contribution in [0.3, 0.4) is 0 Å². The van der Waals surface area contributed by atoms with E-state index in [4.69, 9.17) is 14.2 Å². The van der Waals surface area contributed by atoms with E-state index in [9.17, 15) is 4.79 Å². The van der Waals surface area contributed by atoms with Crippen LogP contribution in [0.1, 0.15) is 39.7 Å². The summed E-state index contributed by atoms with van der Waals surface area (Å²) < 4.78 is 16.4. The second-order valence-corrected chi connectivity index (χ2v) is 7.34. The molecule has 2 rings (SSSR count). The van der Waals surface area contributed by atoms with Gasteiger partial charge in [-0.1, -0.05) is 39.8 Å². The molecule has 0 aliphatic heterocycles. The maximum absolute atomic E-state index is 12.7. The first-order chi connectivity index (χ1) is 12.8. The topological polar surface area (TPSA) is 56.8 Å². The number of amides is 1. The van der Waals surface area contributed by atoms with Crippen molar-refractivity contribution in [3.05, 3.63) is 48.0 Å². The van der Waals surface area contributed by atoms with Crippen molar-refractivity contribution in [3.8, 4) is 17.2 Å². The van der Waals surface area contributed by atoms with E-state index in [1.54, 1.807) is 32.4 Å². The Labute approximate surface area is 161 Å². The highest BCUT2D eigenvalue weighted by atomic mass is 16.5. The average molecular weight is 371 g/mol. The second kappa shape index (κ2) is 8.80. The highest BCUT2D eigenvalue weighted by molar-refractivity contribution is 5.95. The molecule has 27 heavy (non-hydrogen) atoms. The number of hydrogen-bond acceptors (Lipinski definition) is 4.